The normalized spacial score (nSPS) is 10.3. The first kappa shape index (κ1) is 77.0. The summed E-state index contributed by atoms with van der Waals surface area (Å²) in [5.74, 6) is 0.261. The highest BCUT2D eigenvalue weighted by molar-refractivity contribution is 9.10. The fourth-order valence-electron chi connectivity index (χ4n) is 6.81. The summed E-state index contributed by atoms with van der Waals surface area (Å²) in [7, 11) is 0.662. The number of hydrogen-bond donors (Lipinski definition) is 6. The highest BCUT2D eigenvalue weighted by Crippen LogP contribution is 2.32. The summed E-state index contributed by atoms with van der Waals surface area (Å²) >= 11 is 19.5. The van der Waals surface area contributed by atoms with Crippen LogP contribution >= 0.6 is 50.7 Å². The van der Waals surface area contributed by atoms with Gasteiger partial charge >= 0.3 is 26.0 Å². The van der Waals surface area contributed by atoms with Gasteiger partial charge in [0, 0.05) is 24.4 Å². The highest BCUT2D eigenvalue weighted by atomic mass is 79.9. The van der Waals surface area contributed by atoms with Crippen molar-refractivity contribution in [1.29, 1.82) is 0 Å². The molecule has 0 aliphatic rings. The van der Waals surface area contributed by atoms with Gasteiger partial charge in [-0.2, -0.15) is 0 Å². The number of nitrogens with two attached hydrogens (primary N) is 1. The molecule has 25 heteroatoms. The van der Waals surface area contributed by atoms with E-state index in [0.29, 0.717) is 62.1 Å². The fraction of sp³-hybridized carbons (Fsp3) is 0.215. The summed E-state index contributed by atoms with van der Waals surface area (Å²) < 4.78 is 20.8. The van der Waals surface area contributed by atoms with Gasteiger partial charge in [0.2, 0.25) is 0 Å². The standard InChI is InChI=1S/C23H22ClN3O3.C17H20N2O2.C11H13BrN2O4.C6H6BO2.C6H3Cl2NO.2CH4.H2/c1-23(2,3)30-22(29)27-18-11-9-16(15-7-5-4-6-8-15)13-19(18)26-21(28)17-10-12-20(24)25-14-17;1-17(2,3)21-16(20)19-15-10-9-13(11-14(15)18)12-7-5-4-6-8-12;1-11(2,3)18-10(15)13-8-5-4-7(12)6-9(8)14(16)17;8-7-9-6-4-2-1-3-5-6;7-5-2-1-4(3-9-5)6(8)10;;;/h4-14H,1-3H3,(H,26,28)(H,27,29);4-11H,18H2,1-3H3,(H,19,20);4-6H,1-3H3,(H,13,15);1-5,8H;1-3H;2*1H4;1H/i;;;;;;;1+1. The Hall–Kier alpha value is -9.06. The third-order valence-electron chi connectivity index (χ3n) is 10.5. The third kappa shape index (κ3) is 29.3. The van der Waals surface area contributed by atoms with Crippen LogP contribution in [0.5, 0.6) is 5.75 Å². The second-order valence-electron chi connectivity index (χ2n) is 21.1. The van der Waals surface area contributed by atoms with E-state index in [1.54, 1.807) is 84.0 Å². The fourth-order valence-corrected chi connectivity index (χ4v) is 7.50. The van der Waals surface area contributed by atoms with Gasteiger partial charge in [-0.3, -0.25) is 35.7 Å². The van der Waals surface area contributed by atoms with Gasteiger partial charge in [0.05, 0.1) is 44.5 Å². The predicted octanol–water partition coefficient (Wildman–Crippen LogP) is 18.2. The number of halogens is 4. The van der Waals surface area contributed by atoms with Gasteiger partial charge in [-0.05, 0) is 169 Å². The number of ether oxygens (including phenoxy) is 3. The maximum atomic E-state index is 12.7. The summed E-state index contributed by atoms with van der Waals surface area (Å²) in [6.45, 7) is 15.9. The van der Waals surface area contributed by atoms with E-state index in [1.807, 2.05) is 118 Å². The van der Waals surface area contributed by atoms with Gasteiger partial charge in [0.1, 0.15) is 32.8 Å². The molecule has 2 heterocycles. The summed E-state index contributed by atoms with van der Waals surface area (Å²) in [6, 6.07) is 50.1. The number of para-hydroxylation sites is 1. The lowest BCUT2D eigenvalue weighted by atomic mass is 10.0. The maximum Gasteiger partial charge on any atom is 0.569 e. The molecule has 477 valence electrons. The maximum absolute atomic E-state index is 12.7. The van der Waals surface area contributed by atoms with Gasteiger partial charge in [0.25, 0.3) is 16.8 Å². The Balaban J connectivity index is 0.000000600. The summed E-state index contributed by atoms with van der Waals surface area (Å²) in [6.07, 6.45) is 0.866. The Bertz CT molecular complexity index is 3610. The molecule has 0 saturated heterocycles. The molecule has 0 saturated carbocycles. The molecule has 7 N–H and O–H groups in total. The van der Waals surface area contributed by atoms with E-state index in [9.17, 15) is 34.1 Å². The number of nitrogens with zero attached hydrogens (tertiary/aromatic N) is 3. The number of pyridine rings is 2. The zero-order valence-electron chi connectivity index (χ0n) is 49.3. The Morgan fingerprint density at radius 2 is 0.956 bits per heavy atom. The summed E-state index contributed by atoms with van der Waals surface area (Å²) in [5, 5.41) is 29.7. The van der Waals surface area contributed by atoms with Crippen LogP contribution in [-0.4, -0.2) is 73.8 Å². The van der Waals surface area contributed by atoms with Crippen molar-refractivity contribution in [2.24, 2.45) is 0 Å². The Morgan fingerprint density at radius 1 is 0.544 bits per heavy atom. The number of nitro groups is 1. The molecular weight excluding hydrogens is 1280 g/mol. The van der Waals surface area contributed by atoms with Crippen LogP contribution in [0, 0.1) is 10.1 Å². The quantitative estimate of drug-likeness (QED) is 0.0133. The van der Waals surface area contributed by atoms with Gasteiger partial charge in [-0.15, -0.1) is 0 Å². The van der Waals surface area contributed by atoms with Crippen LogP contribution in [0.1, 0.15) is 99.3 Å². The number of hydrogen-bond acceptors (Lipinski definition) is 15. The largest absolute Gasteiger partial charge is 0.569 e. The number of nitrogen functional groups attached to an aromatic ring is 1. The number of amides is 4. The highest BCUT2D eigenvalue weighted by Gasteiger charge is 2.22. The molecule has 20 nitrogen and oxygen atoms in total. The number of rotatable bonds is 11. The van der Waals surface area contributed by atoms with Crippen molar-refractivity contribution in [2.45, 2.75) is 94.0 Å². The lowest BCUT2D eigenvalue weighted by Gasteiger charge is -2.21. The first-order valence-corrected chi connectivity index (χ1v) is 28.3. The van der Waals surface area contributed by atoms with Crippen LogP contribution in [0.25, 0.3) is 22.3 Å². The molecule has 8 aromatic rings. The second kappa shape index (κ2) is 37.1. The first-order chi connectivity index (χ1) is 41.4. The molecule has 0 aliphatic heterocycles. The van der Waals surface area contributed by atoms with Crippen molar-refractivity contribution in [3.8, 4) is 28.0 Å². The van der Waals surface area contributed by atoms with Crippen LogP contribution < -0.4 is 31.7 Å². The second-order valence-corrected chi connectivity index (χ2v) is 23.1. The number of carbonyl (C=O) groups is 5. The van der Waals surface area contributed by atoms with Crippen LogP contribution in [0.2, 0.25) is 10.3 Å². The molecule has 0 spiro atoms. The van der Waals surface area contributed by atoms with Crippen molar-refractivity contribution >= 4 is 122 Å². The summed E-state index contributed by atoms with van der Waals surface area (Å²) in [4.78, 5) is 76.5. The van der Waals surface area contributed by atoms with Gasteiger partial charge < -0.3 is 34.9 Å². The SMILES string of the molecule is C.C.CC(C)(C)OC(=O)Nc1ccc(-c2ccccc2)cc1N.CC(C)(C)OC(=O)Nc1ccc(-c2ccccc2)cc1NC(=O)c1ccc(Cl)nc1.CC(C)(C)OC(=O)Nc1ccc(Br)cc1[N+](=O)[O-].O=C(Cl)c1ccc(Cl)nc1.O[B]Oc1ccccc1.[2HH]. The minimum atomic E-state index is -0.729. The number of nitro benzene ring substituents is 1. The monoisotopic (exact) mass is 1350 g/mol. The van der Waals surface area contributed by atoms with Crippen molar-refractivity contribution in [3.63, 3.8) is 0 Å². The number of nitrogens with one attached hydrogen (secondary N) is 4. The van der Waals surface area contributed by atoms with E-state index in [-0.39, 0.29) is 33.6 Å². The van der Waals surface area contributed by atoms with Crippen molar-refractivity contribution < 1.29 is 54.2 Å². The topological polar surface area (TPSA) is 286 Å². The Labute approximate surface area is 550 Å². The van der Waals surface area contributed by atoms with E-state index in [1.165, 1.54) is 42.7 Å². The van der Waals surface area contributed by atoms with Crippen molar-refractivity contribution in [2.75, 3.05) is 27.0 Å². The van der Waals surface area contributed by atoms with Gasteiger partial charge in [0.15, 0.2) is 0 Å². The van der Waals surface area contributed by atoms with Crippen molar-refractivity contribution in [3.05, 3.63) is 218 Å². The number of aromatic nitrogens is 2. The minimum Gasteiger partial charge on any atom is -0.537 e. The Morgan fingerprint density at radius 3 is 1.37 bits per heavy atom. The molecule has 4 amide bonds. The zero-order valence-corrected chi connectivity index (χ0v) is 53.1. The minimum absolute atomic E-state index is 0. The van der Waals surface area contributed by atoms with Crippen LogP contribution in [0.3, 0.4) is 0 Å². The Kier molecular flexibility index (Phi) is 31.7. The average Bonchev–Trinajstić information content (AvgIpc) is 1.06. The molecule has 6 aromatic carbocycles. The number of carbonyl (C=O) groups excluding carboxylic acids is 5. The van der Waals surface area contributed by atoms with E-state index in [0.717, 1.165) is 22.3 Å². The number of anilines is 5. The molecule has 0 atom stereocenters. The van der Waals surface area contributed by atoms with Crippen molar-refractivity contribution in [1.82, 2.24) is 9.97 Å². The zero-order chi connectivity index (χ0) is 65.2. The molecule has 0 aliphatic carbocycles. The van der Waals surface area contributed by atoms with Crippen LogP contribution in [0.15, 0.2) is 187 Å². The molecule has 1 radical (unpaired) electrons. The molecule has 90 heavy (non-hydrogen) atoms. The molecular formula is C65H74BBrCl3N8O12. The van der Waals surface area contributed by atoms with Gasteiger partial charge in [-0.1, -0.05) is 145 Å². The van der Waals surface area contributed by atoms with E-state index < -0.39 is 45.2 Å². The molecule has 0 bridgehead atoms. The summed E-state index contributed by atoms with van der Waals surface area (Å²) in [5.41, 5.74) is 10.6. The third-order valence-corrected chi connectivity index (χ3v) is 11.6. The molecule has 2 aromatic heterocycles. The number of benzene rings is 6. The van der Waals surface area contributed by atoms with E-state index >= 15 is 0 Å². The smallest absolute Gasteiger partial charge is 0.537 e. The average molecular weight is 1360 g/mol. The molecule has 0 unspecified atom stereocenters. The first-order valence-electron chi connectivity index (χ1n) is 26.4. The lowest BCUT2D eigenvalue weighted by molar-refractivity contribution is -0.384. The van der Waals surface area contributed by atoms with Gasteiger partial charge in [-0.25, -0.2) is 24.4 Å². The lowest BCUT2D eigenvalue weighted by Crippen LogP contribution is -2.27. The predicted molar refractivity (Wildman–Crippen MR) is 366 cm³/mol. The van der Waals surface area contributed by atoms with Crippen LogP contribution in [0.4, 0.5) is 48.5 Å². The molecule has 0 fully saturated rings. The molecule has 8 rings (SSSR count). The van der Waals surface area contributed by atoms with Crippen LogP contribution in [-0.2, 0) is 14.2 Å². The van der Waals surface area contributed by atoms with E-state index in [2.05, 4.69) is 51.8 Å². The van der Waals surface area contributed by atoms with E-state index in [4.69, 9.17) is 59.8 Å².